The fourth-order valence-corrected chi connectivity index (χ4v) is 3.77. The molecule has 0 aliphatic rings. The number of para-hydroxylation sites is 1. The number of fused-ring (bicyclic) bond motifs is 1. The van der Waals surface area contributed by atoms with Crippen LogP contribution in [-0.2, 0) is 10.0 Å². The molecule has 3 N–H and O–H groups in total. The van der Waals surface area contributed by atoms with Crippen LogP contribution in [-0.4, -0.2) is 54.8 Å². The first-order valence-electron chi connectivity index (χ1n) is 8.55. The molecule has 3 aromatic rings. The highest BCUT2D eigenvalue weighted by Gasteiger charge is 2.13. The van der Waals surface area contributed by atoms with E-state index in [1.54, 1.807) is 34.8 Å². The van der Waals surface area contributed by atoms with Crippen LogP contribution in [0.4, 0.5) is 5.82 Å². The standard InChI is InChI=1S/C17H20BN5O3S/c1-2-9-27(25,26)21-8-7-19-16-10-14(12-5-3-4-6-15(12)24)22-17-13(18)11-20-23(16)17/h3-6,10-11,19,21,24H,2,7-9H2,1H3. The molecular formula is C17H20BN5O3S. The number of sulfonamides is 1. The van der Waals surface area contributed by atoms with Gasteiger partial charge in [0.2, 0.25) is 10.0 Å². The zero-order valence-electron chi connectivity index (χ0n) is 14.9. The van der Waals surface area contributed by atoms with Crippen molar-refractivity contribution < 1.29 is 13.5 Å². The summed E-state index contributed by atoms with van der Waals surface area (Å²) in [6, 6.07) is 8.59. The largest absolute Gasteiger partial charge is 0.507 e. The van der Waals surface area contributed by atoms with E-state index in [2.05, 4.69) is 20.1 Å². The van der Waals surface area contributed by atoms with E-state index in [1.807, 2.05) is 6.92 Å². The first kappa shape index (κ1) is 19.2. The highest BCUT2D eigenvalue weighted by atomic mass is 32.2. The smallest absolute Gasteiger partial charge is 0.211 e. The van der Waals surface area contributed by atoms with Crippen molar-refractivity contribution in [2.24, 2.45) is 0 Å². The van der Waals surface area contributed by atoms with Gasteiger partial charge in [0.1, 0.15) is 19.4 Å². The van der Waals surface area contributed by atoms with Gasteiger partial charge >= 0.3 is 0 Å². The first-order valence-corrected chi connectivity index (χ1v) is 10.2. The number of rotatable bonds is 8. The molecule has 0 aliphatic carbocycles. The van der Waals surface area contributed by atoms with Crippen molar-refractivity contribution in [2.45, 2.75) is 13.3 Å². The number of aromatic hydroxyl groups is 1. The van der Waals surface area contributed by atoms with Crippen LogP contribution >= 0.6 is 0 Å². The lowest BCUT2D eigenvalue weighted by atomic mass is 10.0. The topological polar surface area (TPSA) is 109 Å². The van der Waals surface area contributed by atoms with E-state index >= 15 is 0 Å². The second kappa shape index (κ2) is 7.97. The van der Waals surface area contributed by atoms with Crippen LogP contribution in [0.3, 0.4) is 0 Å². The molecule has 1 aromatic carbocycles. The monoisotopic (exact) mass is 385 g/mol. The molecule has 2 radical (unpaired) electrons. The van der Waals surface area contributed by atoms with Crippen LogP contribution in [0.15, 0.2) is 36.5 Å². The summed E-state index contributed by atoms with van der Waals surface area (Å²) in [5.41, 5.74) is 1.94. The Labute approximate surface area is 159 Å². The molecule has 140 valence electrons. The minimum absolute atomic E-state index is 0.0968. The lowest BCUT2D eigenvalue weighted by Crippen LogP contribution is -2.31. The van der Waals surface area contributed by atoms with Crippen LogP contribution in [0.2, 0.25) is 0 Å². The van der Waals surface area contributed by atoms with E-state index < -0.39 is 10.0 Å². The molecule has 0 amide bonds. The molecule has 8 nitrogen and oxygen atoms in total. The maximum absolute atomic E-state index is 11.7. The summed E-state index contributed by atoms with van der Waals surface area (Å²) in [7, 11) is 2.69. The normalized spacial score (nSPS) is 11.7. The average Bonchev–Trinajstić information content (AvgIpc) is 3.00. The van der Waals surface area contributed by atoms with Crippen LogP contribution in [0.5, 0.6) is 5.75 Å². The van der Waals surface area contributed by atoms with Gasteiger partial charge in [-0.15, -0.1) is 0 Å². The van der Waals surface area contributed by atoms with Gasteiger partial charge in [0.05, 0.1) is 11.4 Å². The number of phenolic OH excluding ortho intramolecular Hbond substituents is 1. The van der Waals surface area contributed by atoms with E-state index in [1.165, 1.54) is 6.20 Å². The number of aromatic nitrogens is 3. The summed E-state index contributed by atoms with van der Waals surface area (Å²) in [5.74, 6) is 0.787. The summed E-state index contributed by atoms with van der Waals surface area (Å²) >= 11 is 0. The highest BCUT2D eigenvalue weighted by Crippen LogP contribution is 2.29. The molecule has 0 aliphatic heterocycles. The molecule has 0 atom stereocenters. The number of hydrogen-bond acceptors (Lipinski definition) is 6. The van der Waals surface area contributed by atoms with Crippen molar-refractivity contribution in [3.63, 3.8) is 0 Å². The summed E-state index contributed by atoms with van der Waals surface area (Å²) in [6.07, 6.45) is 2.05. The van der Waals surface area contributed by atoms with Gasteiger partial charge in [-0.1, -0.05) is 19.1 Å². The predicted octanol–water partition coefficient (Wildman–Crippen LogP) is 0.637. The summed E-state index contributed by atoms with van der Waals surface area (Å²) < 4.78 is 27.5. The molecule has 3 rings (SSSR count). The van der Waals surface area contributed by atoms with Crippen LogP contribution in [0.25, 0.3) is 16.9 Å². The fourth-order valence-electron chi connectivity index (χ4n) is 2.67. The number of nitrogens with zero attached hydrogens (tertiary/aromatic N) is 3. The van der Waals surface area contributed by atoms with Crippen molar-refractivity contribution >= 4 is 34.8 Å². The minimum Gasteiger partial charge on any atom is -0.507 e. The number of phenols is 1. The Morgan fingerprint density at radius 2 is 2.04 bits per heavy atom. The Morgan fingerprint density at radius 1 is 1.26 bits per heavy atom. The Morgan fingerprint density at radius 3 is 2.78 bits per heavy atom. The molecule has 0 unspecified atom stereocenters. The Balaban J connectivity index is 1.85. The third kappa shape index (κ3) is 4.40. The number of hydrogen-bond donors (Lipinski definition) is 3. The molecule has 0 fully saturated rings. The molecule has 0 saturated carbocycles. The number of nitrogens with one attached hydrogen (secondary N) is 2. The maximum atomic E-state index is 11.7. The Hall–Kier alpha value is -2.59. The molecule has 0 spiro atoms. The second-order valence-electron chi connectivity index (χ2n) is 6.02. The molecular weight excluding hydrogens is 365 g/mol. The summed E-state index contributed by atoms with van der Waals surface area (Å²) in [6.45, 7) is 2.39. The number of benzene rings is 1. The fraction of sp³-hybridized carbons (Fsp3) is 0.294. The third-order valence-electron chi connectivity index (χ3n) is 3.91. The zero-order valence-corrected chi connectivity index (χ0v) is 15.7. The van der Waals surface area contributed by atoms with Gasteiger partial charge in [-0.25, -0.2) is 18.1 Å². The minimum atomic E-state index is -3.26. The van der Waals surface area contributed by atoms with Crippen LogP contribution in [0, 0.1) is 0 Å². The van der Waals surface area contributed by atoms with Crippen molar-refractivity contribution in [1.29, 1.82) is 0 Å². The van der Waals surface area contributed by atoms with Crippen molar-refractivity contribution in [3.05, 3.63) is 36.5 Å². The van der Waals surface area contributed by atoms with Crippen molar-refractivity contribution in [2.75, 3.05) is 24.2 Å². The second-order valence-corrected chi connectivity index (χ2v) is 7.95. The van der Waals surface area contributed by atoms with E-state index in [4.69, 9.17) is 7.85 Å². The maximum Gasteiger partial charge on any atom is 0.211 e. The van der Waals surface area contributed by atoms with Gasteiger partial charge in [-0.3, -0.25) is 0 Å². The molecule has 2 aromatic heterocycles. The molecule has 0 saturated heterocycles. The quantitative estimate of drug-likeness (QED) is 0.388. The average molecular weight is 385 g/mol. The highest BCUT2D eigenvalue weighted by molar-refractivity contribution is 7.89. The Kier molecular flexibility index (Phi) is 5.66. The molecule has 27 heavy (non-hydrogen) atoms. The van der Waals surface area contributed by atoms with Crippen LogP contribution in [0.1, 0.15) is 13.3 Å². The molecule has 2 heterocycles. The first-order chi connectivity index (χ1) is 12.9. The Bertz CT molecular complexity index is 1050. The molecule has 0 bridgehead atoms. The lowest BCUT2D eigenvalue weighted by Gasteiger charge is -2.12. The summed E-state index contributed by atoms with van der Waals surface area (Å²) in [4.78, 5) is 4.48. The molecule has 10 heteroatoms. The number of anilines is 1. The zero-order chi connectivity index (χ0) is 19.4. The van der Waals surface area contributed by atoms with Gasteiger partial charge in [-0.2, -0.15) is 9.61 Å². The third-order valence-corrected chi connectivity index (χ3v) is 5.49. The van der Waals surface area contributed by atoms with Gasteiger partial charge < -0.3 is 10.4 Å². The van der Waals surface area contributed by atoms with E-state index in [0.29, 0.717) is 41.2 Å². The van der Waals surface area contributed by atoms with Crippen molar-refractivity contribution in [1.82, 2.24) is 19.3 Å². The van der Waals surface area contributed by atoms with E-state index in [9.17, 15) is 13.5 Å². The van der Waals surface area contributed by atoms with Gasteiger partial charge in [-0.05, 0) is 24.0 Å². The van der Waals surface area contributed by atoms with Gasteiger partial charge in [0.25, 0.3) is 0 Å². The predicted molar refractivity (Wildman–Crippen MR) is 106 cm³/mol. The van der Waals surface area contributed by atoms with Gasteiger partial charge in [0.15, 0.2) is 5.65 Å². The van der Waals surface area contributed by atoms with Crippen LogP contribution < -0.4 is 15.5 Å². The van der Waals surface area contributed by atoms with E-state index in [0.717, 1.165) is 0 Å². The SMILES string of the molecule is [B]c1cnn2c(NCCNS(=O)(=O)CCC)cc(-c3ccccc3O)nc12. The summed E-state index contributed by atoms with van der Waals surface area (Å²) in [5, 5.41) is 17.4. The van der Waals surface area contributed by atoms with Crippen molar-refractivity contribution in [3.8, 4) is 17.0 Å². The van der Waals surface area contributed by atoms with E-state index in [-0.39, 0.29) is 18.0 Å². The van der Waals surface area contributed by atoms with Gasteiger partial charge in [0, 0.05) is 30.9 Å². The lowest BCUT2D eigenvalue weighted by molar-refractivity contribution is 0.477.